The predicted octanol–water partition coefficient (Wildman–Crippen LogP) is 2.58. The van der Waals surface area contributed by atoms with Crippen LogP contribution in [0.1, 0.15) is 19.8 Å². The number of pyridine rings is 2. The van der Waals surface area contributed by atoms with E-state index in [0.29, 0.717) is 29.5 Å². The molecule has 0 aliphatic carbocycles. The van der Waals surface area contributed by atoms with Crippen LogP contribution in [0.25, 0.3) is 16.8 Å². The first-order chi connectivity index (χ1) is 13.4. The van der Waals surface area contributed by atoms with Crippen LogP contribution in [0.15, 0.2) is 36.8 Å². The second kappa shape index (κ2) is 7.12. The Morgan fingerprint density at radius 2 is 2.11 bits per heavy atom. The number of anilines is 2. The third-order valence-corrected chi connectivity index (χ3v) is 5.17. The van der Waals surface area contributed by atoms with Crippen LogP contribution in [0.2, 0.25) is 5.02 Å². The van der Waals surface area contributed by atoms with Gasteiger partial charge in [-0.1, -0.05) is 11.6 Å². The molecule has 1 aliphatic rings. The van der Waals surface area contributed by atoms with Crippen LogP contribution in [0, 0.1) is 0 Å². The quantitative estimate of drug-likeness (QED) is 0.705. The highest BCUT2D eigenvalue weighted by molar-refractivity contribution is 6.33. The van der Waals surface area contributed by atoms with E-state index in [2.05, 4.69) is 15.3 Å². The van der Waals surface area contributed by atoms with Crippen molar-refractivity contribution >= 4 is 40.7 Å². The fraction of sp³-hybridized carbons (Fsp3) is 0.263. The zero-order valence-corrected chi connectivity index (χ0v) is 16.0. The SMILES string of the molecule is CC(=O)N1CCCC1C(=O)Nc1cn2cc(-c3cnc(N)c(Cl)c3)ccc2n1. The number of hydrogen-bond acceptors (Lipinski definition) is 5. The number of amides is 2. The first kappa shape index (κ1) is 18.2. The van der Waals surface area contributed by atoms with Crippen molar-refractivity contribution in [3.05, 3.63) is 41.8 Å². The molecule has 2 amide bonds. The van der Waals surface area contributed by atoms with Gasteiger partial charge in [0.05, 0.1) is 11.2 Å². The molecule has 9 heteroatoms. The molecule has 4 heterocycles. The largest absolute Gasteiger partial charge is 0.382 e. The van der Waals surface area contributed by atoms with Gasteiger partial charge in [0.15, 0.2) is 5.82 Å². The molecule has 8 nitrogen and oxygen atoms in total. The van der Waals surface area contributed by atoms with Crippen LogP contribution in [-0.4, -0.2) is 43.7 Å². The van der Waals surface area contributed by atoms with E-state index in [-0.39, 0.29) is 17.6 Å². The van der Waals surface area contributed by atoms with Crippen LogP contribution in [0.5, 0.6) is 0 Å². The standard InChI is InChI=1S/C19H19ClN6O2/c1-11(27)26-6-2-3-15(26)19(28)24-16-10-25-9-12(4-5-17(25)23-16)13-7-14(20)18(21)22-8-13/h4-5,7-10,15H,2-3,6H2,1H3,(H2,21,22)(H,24,28). The Kier molecular flexibility index (Phi) is 4.64. The van der Waals surface area contributed by atoms with Gasteiger partial charge in [0.1, 0.15) is 17.5 Å². The van der Waals surface area contributed by atoms with E-state index in [1.54, 1.807) is 23.4 Å². The summed E-state index contributed by atoms with van der Waals surface area (Å²) >= 11 is 6.06. The van der Waals surface area contributed by atoms with E-state index in [9.17, 15) is 9.59 Å². The van der Waals surface area contributed by atoms with Crippen LogP contribution in [0.3, 0.4) is 0 Å². The number of carbonyl (C=O) groups excluding carboxylic acids is 2. The van der Waals surface area contributed by atoms with Gasteiger partial charge in [-0.05, 0) is 31.0 Å². The van der Waals surface area contributed by atoms with Gasteiger partial charge in [-0.25, -0.2) is 9.97 Å². The van der Waals surface area contributed by atoms with E-state index < -0.39 is 6.04 Å². The summed E-state index contributed by atoms with van der Waals surface area (Å²) in [6, 6.07) is 5.04. The monoisotopic (exact) mass is 398 g/mol. The van der Waals surface area contributed by atoms with Crippen molar-refractivity contribution in [2.45, 2.75) is 25.8 Å². The summed E-state index contributed by atoms with van der Waals surface area (Å²) in [5, 5.41) is 3.21. The lowest BCUT2D eigenvalue weighted by molar-refractivity contribution is -0.134. The van der Waals surface area contributed by atoms with Crippen LogP contribution in [0.4, 0.5) is 11.6 Å². The molecule has 1 saturated heterocycles. The van der Waals surface area contributed by atoms with Gasteiger partial charge in [0.25, 0.3) is 0 Å². The molecule has 1 atom stereocenters. The minimum absolute atomic E-state index is 0.0898. The summed E-state index contributed by atoms with van der Waals surface area (Å²) in [4.78, 5) is 34.4. The van der Waals surface area contributed by atoms with Crippen molar-refractivity contribution < 1.29 is 9.59 Å². The van der Waals surface area contributed by atoms with E-state index in [4.69, 9.17) is 17.3 Å². The summed E-state index contributed by atoms with van der Waals surface area (Å²) in [6.07, 6.45) is 6.74. The topological polar surface area (TPSA) is 106 Å². The van der Waals surface area contributed by atoms with Gasteiger partial charge >= 0.3 is 0 Å². The first-order valence-electron chi connectivity index (χ1n) is 8.90. The number of nitrogens with two attached hydrogens (primary N) is 1. The van der Waals surface area contributed by atoms with Gasteiger partial charge in [-0.3, -0.25) is 9.59 Å². The molecular formula is C19H19ClN6O2. The fourth-order valence-corrected chi connectivity index (χ4v) is 3.62. The summed E-state index contributed by atoms with van der Waals surface area (Å²) in [7, 11) is 0. The number of halogens is 1. The Morgan fingerprint density at radius 1 is 1.29 bits per heavy atom. The molecule has 0 saturated carbocycles. The smallest absolute Gasteiger partial charge is 0.248 e. The second-order valence-electron chi connectivity index (χ2n) is 6.76. The fourth-order valence-electron chi connectivity index (χ4n) is 3.45. The molecule has 0 radical (unpaired) electrons. The number of rotatable bonds is 3. The molecule has 1 unspecified atom stereocenters. The number of nitrogen functional groups attached to an aromatic ring is 1. The van der Waals surface area contributed by atoms with Crippen molar-refractivity contribution in [1.82, 2.24) is 19.3 Å². The van der Waals surface area contributed by atoms with E-state index in [0.717, 1.165) is 17.5 Å². The van der Waals surface area contributed by atoms with Crippen molar-refractivity contribution in [1.29, 1.82) is 0 Å². The molecule has 1 aliphatic heterocycles. The molecule has 144 valence electrons. The van der Waals surface area contributed by atoms with Crippen LogP contribution < -0.4 is 11.1 Å². The Labute approximate surface area is 166 Å². The Hall–Kier alpha value is -3.13. The summed E-state index contributed by atoms with van der Waals surface area (Å²) in [6.45, 7) is 2.09. The maximum atomic E-state index is 12.6. The number of aromatic nitrogens is 3. The summed E-state index contributed by atoms with van der Waals surface area (Å²) in [5.74, 6) is 0.413. The molecule has 3 N–H and O–H groups in total. The van der Waals surface area contributed by atoms with Gasteiger partial charge in [0.2, 0.25) is 11.8 Å². The van der Waals surface area contributed by atoms with Crippen molar-refractivity contribution in [2.75, 3.05) is 17.6 Å². The van der Waals surface area contributed by atoms with Gasteiger partial charge < -0.3 is 20.4 Å². The molecule has 4 rings (SSSR count). The Morgan fingerprint density at radius 3 is 2.86 bits per heavy atom. The third-order valence-electron chi connectivity index (χ3n) is 4.87. The molecule has 0 aromatic carbocycles. The summed E-state index contributed by atoms with van der Waals surface area (Å²) < 4.78 is 1.81. The molecule has 3 aromatic rings. The first-order valence-corrected chi connectivity index (χ1v) is 9.28. The Balaban J connectivity index is 1.57. The molecular weight excluding hydrogens is 380 g/mol. The molecule has 3 aromatic heterocycles. The maximum Gasteiger partial charge on any atom is 0.248 e. The van der Waals surface area contributed by atoms with E-state index in [1.807, 2.05) is 22.7 Å². The van der Waals surface area contributed by atoms with Crippen molar-refractivity contribution in [3.63, 3.8) is 0 Å². The van der Waals surface area contributed by atoms with E-state index in [1.165, 1.54) is 6.92 Å². The van der Waals surface area contributed by atoms with Crippen LogP contribution in [-0.2, 0) is 9.59 Å². The minimum atomic E-state index is -0.444. The number of nitrogens with zero attached hydrogens (tertiary/aromatic N) is 4. The lowest BCUT2D eigenvalue weighted by atomic mass is 10.1. The molecule has 28 heavy (non-hydrogen) atoms. The average Bonchev–Trinajstić information content (AvgIpc) is 3.29. The van der Waals surface area contributed by atoms with Crippen molar-refractivity contribution in [3.8, 4) is 11.1 Å². The zero-order valence-electron chi connectivity index (χ0n) is 15.2. The maximum absolute atomic E-state index is 12.6. The Bertz CT molecular complexity index is 1080. The zero-order chi connectivity index (χ0) is 19.8. The molecule has 0 spiro atoms. The predicted molar refractivity (Wildman–Crippen MR) is 107 cm³/mol. The molecule has 1 fully saturated rings. The highest BCUT2D eigenvalue weighted by Gasteiger charge is 2.32. The highest BCUT2D eigenvalue weighted by atomic mass is 35.5. The van der Waals surface area contributed by atoms with Gasteiger partial charge in [-0.15, -0.1) is 0 Å². The number of imidazole rings is 1. The number of likely N-dealkylation sites (tertiary alicyclic amines) is 1. The molecule has 0 bridgehead atoms. The number of hydrogen-bond donors (Lipinski definition) is 2. The summed E-state index contributed by atoms with van der Waals surface area (Å²) in [5.41, 5.74) is 8.06. The lowest BCUT2D eigenvalue weighted by Gasteiger charge is -2.21. The second-order valence-corrected chi connectivity index (χ2v) is 7.17. The minimum Gasteiger partial charge on any atom is -0.382 e. The normalized spacial score (nSPS) is 16.5. The number of fused-ring (bicyclic) bond motifs is 1. The highest BCUT2D eigenvalue weighted by Crippen LogP contribution is 2.26. The average molecular weight is 399 g/mol. The van der Waals surface area contributed by atoms with Crippen molar-refractivity contribution in [2.24, 2.45) is 0 Å². The third kappa shape index (κ3) is 3.38. The number of carbonyl (C=O) groups is 2. The van der Waals surface area contributed by atoms with Crippen LogP contribution >= 0.6 is 11.6 Å². The van der Waals surface area contributed by atoms with Gasteiger partial charge in [-0.2, -0.15) is 0 Å². The van der Waals surface area contributed by atoms with Gasteiger partial charge in [0, 0.05) is 37.0 Å². The van der Waals surface area contributed by atoms with E-state index >= 15 is 0 Å². The lowest BCUT2D eigenvalue weighted by Crippen LogP contribution is -2.42. The number of nitrogens with one attached hydrogen (secondary N) is 1.